The molecule has 0 bridgehead atoms. The normalized spacial score (nSPS) is 10.0. The molecule has 0 atom stereocenters. The van der Waals surface area contributed by atoms with Crippen LogP contribution in [0.4, 0.5) is 5.69 Å². The molecule has 120 valence electrons. The predicted octanol–water partition coefficient (Wildman–Crippen LogP) is 1.51. The van der Waals surface area contributed by atoms with E-state index in [9.17, 15) is 14.4 Å². The summed E-state index contributed by atoms with van der Waals surface area (Å²) in [5, 5.41) is 2.59. The first-order chi connectivity index (χ1) is 11.0. The Labute approximate surface area is 133 Å². The number of hydrogen-bond acceptors (Lipinski definition) is 4. The number of aromatic amines is 1. The zero-order chi connectivity index (χ0) is 16.8. The van der Waals surface area contributed by atoms with Crippen molar-refractivity contribution < 1.29 is 19.1 Å². The van der Waals surface area contributed by atoms with Crippen LogP contribution in [0.15, 0.2) is 42.6 Å². The summed E-state index contributed by atoms with van der Waals surface area (Å²) in [5.41, 5.74) is 1.32. The number of esters is 1. The van der Waals surface area contributed by atoms with Crippen LogP contribution in [0.1, 0.15) is 20.8 Å². The minimum Gasteiger partial charge on any atom is -0.451 e. The van der Waals surface area contributed by atoms with Gasteiger partial charge in [-0.05, 0) is 36.4 Å². The summed E-state index contributed by atoms with van der Waals surface area (Å²) in [6.07, 6.45) is 1.59. The largest absolute Gasteiger partial charge is 0.451 e. The Balaban J connectivity index is 1.85. The van der Waals surface area contributed by atoms with E-state index in [1.807, 2.05) is 0 Å². The van der Waals surface area contributed by atoms with E-state index in [0.29, 0.717) is 11.3 Å². The van der Waals surface area contributed by atoms with Gasteiger partial charge in [0.05, 0.1) is 0 Å². The van der Waals surface area contributed by atoms with Gasteiger partial charge in [0.25, 0.3) is 11.8 Å². The maximum absolute atomic E-state index is 11.7. The van der Waals surface area contributed by atoms with E-state index in [1.165, 1.54) is 4.90 Å². The molecule has 0 aliphatic rings. The predicted molar refractivity (Wildman–Crippen MR) is 84.2 cm³/mol. The van der Waals surface area contributed by atoms with Crippen LogP contribution in [0.3, 0.4) is 0 Å². The molecule has 0 unspecified atom stereocenters. The fraction of sp³-hybridized carbons (Fsp3) is 0.188. The molecular formula is C16H17N3O4. The van der Waals surface area contributed by atoms with Crippen molar-refractivity contribution in [1.29, 1.82) is 0 Å². The number of carbonyl (C=O) groups excluding carboxylic acids is 3. The minimum absolute atomic E-state index is 0.122. The molecule has 0 fully saturated rings. The first-order valence-corrected chi connectivity index (χ1v) is 6.89. The molecule has 23 heavy (non-hydrogen) atoms. The third kappa shape index (κ3) is 4.44. The van der Waals surface area contributed by atoms with Gasteiger partial charge in [-0.2, -0.15) is 0 Å². The molecule has 2 rings (SSSR count). The molecule has 0 aliphatic carbocycles. The number of nitrogens with zero attached hydrogens (tertiary/aromatic N) is 1. The molecule has 7 nitrogen and oxygen atoms in total. The van der Waals surface area contributed by atoms with Gasteiger partial charge in [-0.3, -0.25) is 9.59 Å². The molecule has 0 spiro atoms. The first-order valence-electron chi connectivity index (χ1n) is 6.89. The van der Waals surface area contributed by atoms with E-state index < -0.39 is 18.5 Å². The molecule has 1 aromatic carbocycles. The van der Waals surface area contributed by atoms with Crippen LogP contribution in [-0.2, 0) is 9.53 Å². The Bertz CT molecular complexity index is 691. The second kappa shape index (κ2) is 7.26. The smallest absolute Gasteiger partial charge is 0.355 e. The van der Waals surface area contributed by atoms with E-state index >= 15 is 0 Å². The summed E-state index contributed by atoms with van der Waals surface area (Å²) in [7, 11) is 3.33. The van der Waals surface area contributed by atoms with E-state index in [1.54, 1.807) is 56.7 Å². The average Bonchev–Trinajstić information content (AvgIpc) is 3.07. The third-order valence-electron chi connectivity index (χ3n) is 2.97. The Hall–Kier alpha value is -3.09. The van der Waals surface area contributed by atoms with Crippen molar-refractivity contribution in [1.82, 2.24) is 9.88 Å². The summed E-state index contributed by atoms with van der Waals surface area (Å²) in [6.45, 7) is -0.393. The van der Waals surface area contributed by atoms with Gasteiger partial charge in [-0.1, -0.05) is 0 Å². The van der Waals surface area contributed by atoms with Crippen LogP contribution in [0.5, 0.6) is 0 Å². The van der Waals surface area contributed by atoms with Crippen LogP contribution in [0.25, 0.3) is 0 Å². The highest BCUT2D eigenvalue weighted by atomic mass is 16.5. The lowest BCUT2D eigenvalue weighted by Crippen LogP contribution is -2.22. The quantitative estimate of drug-likeness (QED) is 0.818. The van der Waals surface area contributed by atoms with Crippen molar-refractivity contribution in [3.63, 3.8) is 0 Å². The van der Waals surface area contributed by atoms with Crippen molar-refractivity contribution >= 4 is 23.5 Å². The van der Waals surface area contributed by atoms with E-state index in [2.05, 4.69) is 10.3 Å². The van der Waals surface area contributed by atoms with Crippen molar-refractivity contribution in [3.05, 3.63) is 53.9 Å². The zero-order valence-electron chi connectivity index (χ0n) is 12.8. The summed E-state index contributed by atoms with van der Waals surface area (Å²) in [6, 6.07) is 9.67. The summed E-state index contributed by atoms with van der Waals surface area (Å²) in [5.74, 6) is -1.18. The lowest BCUT2D eigenvalue weighted by atomic mass is 10.2. The third-order valence-corrected chi connectivity index (χ3v) is 2.97. The van der Waals surface area contributed by atoms with E-state index in [4.69, 9.17) is 4.74 Å². The fourth-order valence-corrected chi connectivity index (χ4v) is 1.82. The number of nitrogens with one attached hydrogen (secondary N) is 2. The van der Waals surface area contributed by atoms with E-state index in [-0.39, 0.29) is 11.6 Å². The minimum atomic E-state index is -0.600. The number of amides is 2. The average molecular weight is 315 g/mol. The highest BCUT2D eigenvalue weighted by Crippen LogP contribution is 2.11. The van der Waals surface area contributed by atoms with Crippen LogP contribution in [0, 0.1) is 0 Å². The van der Waals surface area contributed by atoms with Gasteiger partial charge >= 0.3 is 5.97 Å². The summed E-state index contributed by atoms with van der Waals surface area (Å²) in [4.78, 5) is 39.2. The topological polar surface area (TPSA) is 91.5 Å². The zero-order valence-corrected chi connectivity index (χ0v) is 12.8. The summed E-state index contributed by atoms with van der Waals surface area (Å²) < 4.78 is 4.87. The van der Waals surface area contributed by atoms with E-state index in [0.717, 1.165) is 0 Å². The van der Waals surface area contributed by atoms with Crippen LogP contribution in [-0.4, -0.2) is 48.4 Å². The number of carbonyl (C=O) groups is 3. The van der Waals surface area contributed by atoms with Gasteiger partial charge in [-0.15, -0.1) is 0 Å². The SMILES string of the molecule is CN(C)C(=O)c1ccc(NC(=O)COC(=O)c2ccc[nH]2)cc1. The van der Waals surface area contributed by atoms with Gasteiger partial charge in [0.2, 0.25) is 0 Å². The second-order valence-electron chi connectivity index (χ2n) is 4.99. The number of benzene rings is 1. The Morgan fingerprint density at radius 2 is 1.83 bits per heavy atom. The number of ether oxygens (including phenoxy) is 1. The number of rotatable bonds is 5. The van der Waals surface area contributed by atoms with Gasteiger partial charge in [0, 0.05) is 31.5 Å². The van der Waals surface area contributed by atoms with Crippen molar-refractivity contribution in [2.45, 2.75) is 0 Å². The van der Waals surface area contributed by atoms with Crippen LogP contribution in [0.2, 0.25) is 0 Å². The molecule has 7 heteroatoms. The lowest BCUT2D eigenvalue weighted by Gasteiger charge is -2.11. The Morgan fingerprint density at radius 1 is 1.13 bits per heavy atom. The lowest BCUT2D eigenvalue weighted by molar-refractivity contribution is -0.119. The maximum Gasteiger partial charge on any atom is 0.355 e. The molecule has 2 amide bonds. The first kappa shape index (κ1) is 16.3. The molecular weight excluding hydrogens is 298 g/mol. The number of hydrogen-bond donors (Lipinski definition) is 2. The summed E-state index contributed by atoms with van der Waals surface area (Å²) >= 11 is 0. The van der Waals surface area contributed by atoms with Gasteiger partial charge in [0.15, 0.2) is 6.61 Å². The molecule has 1 aromatic heterocycles. The second-order valence-corrected chi connectivity index (χ2v) is 4.99. The van der Waals surface area contributed by atoms with Crippen molar-refractivity contribution in [3.8, 4) is 0 Å². The highest BCUT2D eigenvalue weighted by molar-refractivity contribution is 5.96. The van der Waals surface area contributed by atoms with Gasteiger partial charge in [0.1, 0.15) is 5.69 Å². The number of anilines is 1. The molecule has 2 aromatic rings. The maximum atomic E-state index is 11.7. The Morgan fingerprint density at radius 3 is 2.39 bits per heavy atom. The Kier molecular flexibility index (Phi) is 5.14. The monoisotopic (exact) mass is 315 g/mol. The van der Waals surface area contributed by atoms with Crippen LogP contribution >= 0.6 is 0 Å². The van der Waals surface area contributed by atoms with Crippen LogP contribution < -0.4 is 5.32 Å². The molecule has 1 heterocycles. The standard InChI is InChI=1S/C16H17N3O4/c1-19(2)15(21)11-5-7-12(8-6-11)18-14(20)10-23-16(22)13-4-3-9-17-13/h3-9,17H,10H2,1-2H3,(H,18,20). The number of H-pyrrole nitrogens is 1. The van der Waals surface area contributed by atoms with Crippen molar-refractivity contribution in [2.75, 3.05) is 26.0 Å². The van der Waals surface area contributed by atoms with Gasteiger partial charge in [-0.25, -0.2) is 4.79 Å². The molecule has 2 N–H and O–H groups in total. The highest BCUT2D eigenvalue weighted by Gasteiger charge is 2.11. The molecule has 0 saturated heterocycles. The van der Waals surface area contributed by atoms with Crippen molar-refractivity contribution in [2.24, 2.45) is 0 Å². The number of aromatic nitrogens is 1. The molecule has 0 aliphatic heterocycles. The molecule has 0 saturated carbocycles. The van der Waals surface area contributed by atoms with Gasteiger partial charge < -0.3 is 19.9 Å². The fourth-order valence-electron chi connectivity index (χ4n) is 1.82. The molecule has 0 radical (unpaired) electrons.